The number of carbonyl (C=O) groups excluding carboxylic acids is 2. The van der Waals surface area contributed by atoms with Crippen LogP contribution in [0.5, 0.6) is 0 Å². The van der Waals surface area contributed by atoms with E-state index in [9.17, 15) is 9.59 Å². The van der Waals surface area contributed by atoms with Crippen LogP contribution < -0.4 is 5.32 Å². The molecule has 20 heavy (non-hydrogen) atoms. The van der Waals surface area contributed by atoms with Gasteiger partial charge in [0.05, 0.1) is 6.54 Å². The molecule has 0 unspecified atom stereocenters. The minimum Gasteiger partial charge on any atom is -0.336 e. The molecule has 3 fully saturated rings. The Morgan fingerprint density at radius 2 is 1.90 bits per heavy atom. The molecule has 1 N–H and O–H groups in total. The number of rotatable bonds is 4. The fourth-order valence-electron chi connectivity index (χ4n) is 3.33. The molecule has 2 aliphatic heterocycles. The Hall–Kier alpha value is -1.10. The summed E-state index contributed by atoms with van der Waals surface area (Å²) >= 11 is 0. The van der Waals surface area contributed by atoms with Crippen molar-refractivity contribution in [2.75, 3.05) is 32.7 Å². The predicted molar refractivity (Wildman–Crippen MR) is 76.1 cm³/mol. The van der Waals surface area contributed by atoms with Crippen molar-refractivity contribution in [1.29, 1.82) is 0 Å². The van der Waals surface area contributed by atoms with Gasteiger partial charge in [0.15, 0.2) is 0 Å². The summed E-state index contributed by atoms with van der Waals surface area (Å²) in [5, 5.41) is 3.35. The lowest BCUT2D eigenvalue weighted by molar-refractivity contribution is -0.145. The molecule has 2 saturated heterocycles. The number of amides is 2. The summed E-state index contributed by atoms with van der Waals surface area (Å²) in [5.41, 5.74) is 0. The quantitative estimate of drug-likeness (QED) is 0.820. The van der Waals surface area contributed by atoms with E-state index in [0.717, 1.165) is 45.4 Å². The SMILES string of the molecule is O=C(CCC1CCNCC1)N1CCN(C2CC2)C(=O)C1. The van der Waals surface area contributed by atoms with Crippen LogP contribution in [0.25, 0.3) is 0 Å². The Morgan fingerprint density at radius 1 is 1.15 bits per heavy atom. The number of nitrogens with one attached hydrogen (secondary N) is 1. The smallest absolute Gasteiger partial charge is 0.242 e. The Kier molecular flexibility index (Phi) is 4.24. The van der Waals surface area contributed by atoms with Gasteiger partial charge in [0.25, 0.3) is 0 Å². The second kappa shape index (κ2) is 6.12. The van der Waals surface area contributed by atoms with E-state index >= 15 is 0 Å². The normalized spacial score (nSPS) is 25.1. The van der Waals surface area contributed by atoms with Crippen molar-refractivity contribution >= 4 is 11.8 Å². The average molecular weight is 279 g/mol. The maximum absolute atomic E-state index is 12.2. The Morgan fingerprint density at radius 3 is 2.55 bits per heavy atom. The summed E-state index contributed by atoms with van der Waals surface area (Å²) in [7, 11) is 0. The predicted octanol–water partition coefficient (Wildman–Crippen LogP) is 0.599. The molecule has 0 spiro atoms. The van der Waals surface area contributed by atoms with Crippen molar-refractivity contribution in [3.05, 3.63) is 0 Å². The lowest BCUT2D eigenvalue weighted by atomic mass is 9.93. The van der Waals surface area contributed by atoms with Crippen LogP contribution in [-0.4, -0.2) is 60.4 Å². The Labute approximate surface area is 120 Å². The van der Waals surface area contributed by atoms with Gasteiger partial charge in [0.1, 0.15) is 0 Å². The van der Waals surface area contributed by atoms with Crippen molar-refractivity contribution < 1.29 is 9.59 Å². The first kappa shape index (κ1) is 13.9. The van der Waals surface area contributed by atoms with Gasteiger partial charge in [-0.3, -0.25) is 9.59 Å². The second-order valence-electron chi connectivity index (χ2n) is 6.37. The van der Waals surface area contributed by atoms with Gasteiger partial charge in [-0.05, 0) is 51.1 Å². The summed E-state index contributed by atoms with van der Waals surface area (Å²) in [6, 6.07) is 0.481. The Bertz CT molecular complexity index is 375. The minimum atomic E-state index is 0.147. The highest BCUT2D eigenvalue weighted by Gasteiger charge is 2.36. The van der Waals surface area contributed by atoms with E-state index in [-0.39, 0.29) is 11.8 Å². The fraction of sp³-hybridized carbons (Fsp3) is 0.867. The van der Waals surface area contributed by atoms with Crippen LogP contribution in [0.2, 0.25) is 0 Å². The molecule has 2 heterocycles. The van der Waals surface area contributed by atoms with Crippen molar-refractivity contribution in [3.8, 4) is 0 Å². The largest absolute Gasteiger partial charge is 0.336 e. The number of piperidine rings is 1. The maximum Gasteiger partial charge on any atom is 0.242 e. The van der Waals surface area contributed by atoms with Gasteiger partial charge in [-0.1, -0.05) is 0 Å². The molecule has 0 bridgehead atoms. The molecule has 0 aromatic carbocycles. The van der Waals surface area contributed by atoms with Gasteiger partial charge in [-0.25, -0.2) is 0 Å². The molecule has 3 aliphatic rings. The molecule has 5 heteroatoms. The zero-order valence-electron chi connectivity index (χ0n) is 12.1. The molecule has 0 aromatic rings. The van der Waals surface area contributed by atoms with Crippen molar-refractivity contribution in [2.24, 2.45) is 5.92 Å². The van der Waals surface area contributed by atoms with E-state index in [1.165, 1.54) is 12.8 Å². The van der Waals surface area contributed by atoms with Crippen molar-refractivity contribution in [3.63, 3.8) is 0 Å². The highest BCUT2D eigenvalue weighted by atomic mass is 16.2. The van der Waals surface area contributed by atoms with Crippen LogP contribution in [0.3, 0.4) is 0 Å². The van der Waals surface area contributed by atoms with Gasteiger partial charge < -0.3 is 15.1 Å². The summed E-state index contributed by atoms with van der Waals surface area (Å²) in [4.78, 5) is 28.0. The number of hydrogen-bond acceptors (Lipinski definition) is 3. The monoisotopic (exact) mass is 279 g/mol. The molecule has 0 radical (unpaired) electrons. The lowest BCUT2D eigenvalue weighted by Gasteiger charge is -2.34. The first-order valence-electron chi connectivity index (χ1n) is 8.02. The van der Waals surface area contributed by atoms with Gasteiger partial charge >= 0.3 is 0 Å². The van der Waals surface area contributed by atoms with Crippen LogP contribution in [-0.2, 0) is 9.59 Å². The van der Waals surface area contributed by atoms with E-state index in [2.05, 4.69) is 5.32 Å². The van der Waals surface area contributed by atoms with E-state index in [1.807, 2.05) is 4.90 Å². The minimum absolute atomic E-state index is 0.147. The van der Waals surface area contributed by atoms with Crippen molar-refractivity contribution in [1.82, 2.24) is 15.1 Å². The van der Waals surface area contributed by atoms with Crippen LogP contribution in [0.1, 0.15) is 38.5 Å². The average Bonchev–Trinajstić information content (AvgIpc) is 3.30. The molecule has 0 aromatic heterocycles. The molecule has 0 atom stereocenters. The number of hydrogen-bond donors (Lipinski definition) is 1. The van der Waals surface area contributed by atoms with Gasteiger partial charge in [-0.2, -0.15) is 0 Å². The maximum atomic E-state index is 12.2. The van der Waals surface area contributed by atoms with Gasteiger partial charge in [-0.15, -0.1) is 0 Å². The topological polar surface area (TPSA) is 52.7 Å². The van der Waals surface area contributed by atoms with Crippen LogP contribution in [0.15, 0.2) is 0 Å². The third-order valence-corrected chi connectivity index (χ3v) is 4.82. The third-order valence-electron chi connectivity index (χ3n) is 4.82. The standard InChI is InChI=1S/C15H25N3O2/c19-14(4-1-12-5-7-16-8-6-12)17-9-10-18(13-2-3-13)15(20)11-17/h12-13,16H,1-11H2. The fourth-order valence-corrected chi connectivity index (χ4v) is 3.33. The van der Waals surface area contributed by atoms with Crippen LogP contribution >= 0.6 is 0 Å². The molecule has 2 amide bonds. The molecule has 3 rings (SSSR count). The molecule has 1 saturated carbocycles. The van der Waals surface area contributed by atoms with E-state index in [4.69, 9.17) is 0 Å². The third kappa shape index (κ3) is 3.32. The lowest BCUT2D eigenvalue weighted by Crippen LogP contribution is -2.52. The van der Waals surface area contributed by atoms with Crippen LogP contribution in [0, 0.1) is 5.92 Å². The first-order valence-corrected chi connectivity index (χ1v) is 8.02. The van der Waals surface area contributed by atoms with Crippen LogP contribution in [0.4, 0.5) is 0 Å². The zero-order valence-corrected chi connectivity index (χ0v) is 12.1. The second-order valence-corrected chi connectivity index (χ2v) is 6.37. The summed E-state index contributed by atoms with van der Waals surface area (Å²) in [5.74, 6) is 1.00. The number of carbonyl (C=O) groups is 2. The summed E-state index contributed by atoms with van der Waals surface area (Å²) < 4.78 is 0. The van der Waals surface area contributed by atoms with E-state index in [0.29, 0.717) is 24.9 Å². The molecular weight excluding hydrogens is 254 g/mol. The molecular formula is C15H25N3O2. The number of nitrogens with zero attached hydrogens (tertiary/aromatic N) is 2. The molecule has 5 nitrogen and oxygen atoms in total. The van der Waals surface area contributed by atoms with Crippen molar-refractivity contribution in [2.45, 2.75) is 44.6 Å². The summed E-state index contributed by atoms with van der Waals surface area (Å²) in [6.45, 7) is 3.94. The molecule has 112 valence electrons. The highest BCUT2D eigenvalue weighted by molar-refractivity contribution is 5.86. The first-order chi connectivity index (χ1) is 9.74. The Balaban J connectivity index is 1.42. The number of piperazine rings is 1. The van der Waals surface area contributed by atoms with E-state index < -0.39 is 0 Å². The van der Waals surface area contributed by atoms with Gasteiger partial charge in [0.2, 0.25) is 11.8 Å². The van der Waals surface area contributed by atoms with Gasteiger partial charge in [0, 0.05) is 25.6 Å². The molecule has 1 aliphatic carbocycles. The zero-order chi connectivity index (χ0) is 13.9. The highest BCUT2D eigenvalue weighted by Crippen LogP contribution is 2.28. The summed E-state index contributed by atoms with van der Waals surface area (Å²) in [6.07, 6.45) is 6.26. The van der Waals surface area contributed by atoms with E-state index in [1.54, 1.807) is 4.90 Å².